The normalized spacial score (nSPS) is 33.4. The third-order valence-corrected chi connectivity index (χ3v) is 5.11. The largest absolute Gasteiger partial charge is 0.481 e. The molecule has 0 amide bonds. The predicted molar refractivity (Wildman–Crippen MR) is 70.4 cm³/mol. The van der Waals surface area contributed by atoms with Crippen LogP contribution >= 0.6 is 0 Å². The van der Waals surface area contributed by atoms with Crippen molar-refractivity contribution in [3.63, 3.8) is 0 Å². The van der Waals surface area contributed by atoms with E-state index >= 15 is 0 Å². The van der Waals surface area contributed by atoms with E-state index in [1.54, 1.807) is 0 Å². The minimum atomic E-state index is -0.657. The first-order valence-corrected chi connectivity index (χ1v) is 7.58. The molecule has 3 heteroatoms. The average molecular weight is 254 g/mol. The van der Waals surface area contributed by atoms with Crippen LogP contribution in [-0.2, 0) is 4.79 Å². The van der Waals surface area contributed by atoms with Crippen LogP contribution in [0.4, 0.5) is 0 Å². The van der Waals surface area contributed by atoms with Gasteiger partial charge in [0.2, 0.25) is 0 Å². The molecule has 2 atom stereocenters. The fraction of sp³-hybridized carbons (Fsp3) is 0.933. The molecule has 0 spiro atoms. The quantitative estimate of drug-likeness (QED) is 0.794. The van der Waals surface area contributed by atoms with Crippen molar-refractivity contribution in [2.75, 3.05) is 0 Å². The molecule has 0 aliphatic heterocycles. The summed E-state index contributed by atoms with van der Waals surface area (Å²) in [6.07, 6.45) is 10.5. The highest BCUT2D eigenvalue weighted by molar-refractivity contribution is 5.75. The average Bonchev–Trinajstić information content (AvgIpc) is 2.30. The smallest absolute Gasteiger partial charge is 0.310 e. The van der Waals surface area contributed by atoms with Crippen molar-refractivity contribution < 1.29 is 15.0 Å². The molecule has 104 valence electrons. The summed E-state index contributed by atoms with van der Waals surface area (Å²) < 4.78 is 0. The van der Waals surface area contributed by atoms with Gasteiger partial charge < -0.3 is 10.2 Å². The van der Waals surface area contributed by atoms with Crippen LogP contribution in [0.15, 0.2) is 0 Å². The number of aliphatic carboxylic acids is 1. The van der Waals surface area contributed by atoms with Crippen LogP contribution in [0.1, 0.15) is 70.6 Å². The maximum absolute atomic E-state index is 11.9. The molecule has 0 saturated heterocycles. The summed E-state index contributed by atoms with van der Waals surface area (Å²) in [6, 6.07) is 0. The Morgan fingerprint density at radius 1 is 0.889 bits per heavy atom. The summed E-state index contributed by atoms with van der Waals surface area (Å²) in [7, 11) is 0. The van der Waals surface area contributed by atoms with Gasteiger partial charge in [0.1, 0.15) is 0 Å². The SMILES string of the molecule is O=C(O)C1(C2CCCCC2O)CCCCCCC1. The minimum absolute atomic E-state index is 0.0122. The summed E-state index contributed by atoms with van der Waals surface area (Å²) >= 11 is 0. The molecule has 2 aliphatic rings. The van der Waals surface area contributed by atoms with Crippen LogP contribution in [0.2, 0.25) is 0 Å². The minimum Gasteiger partial charge on any atom is -0.481 e. The van der Waals surface area contributed by atoms with E-state index in [4.69, 9.17) is 0 Å². The number of carbonyl (C=O) groups is 1. The van der Waals surface area contributed by atoms with Crippen molar-refractivity contribution >= 4 is 5.97 Å². The highest BCUT2D eigenvalue weighted by Crippen LogP contribution is 2.47. The van der Waals surface area contributed by atoms with Gasteiger partial charge in [-0.05, 0) is 25.7 Å². The Labute approximate surface area is 110 Å². The molecule has 2 unspecified atom stereocenters. The second kappa shape index (κ2) is 6.05. The van der Waals surface area contributed by atoms with E-state index in [2.05, 4.69) is 0 Å². The van der Waals surface area contributed by atoms with Crippen LogP contribution in [0.25, 0.3) is 0 Å². The van der Waals surface area contributed by atoms with Crippen molar-refractivity contribution in [3.05, 3.63) is 0 Å². The maximum Gasteiger partial charge on any atom is 0.310 e. The molecule has 0 aromatic rings. The molecule has 2 saturated carbocycles. The lowest BCUT2D eigenvalue weighted by atomic mass is 9.62. The standard InChI is InChI=1S/C15H26O3/c16-13-9-5-4-8-12(13)15(14(17)18)10-6-2-1-3-7-11-15/h12-13,16H,1-11H2,(H,17,18). The topological polar surface area (TPSA) is 57.5 Å². The van der Waals surface area contributed by atoms with E-state index < -0.39 is 17.5 Å². The van der Waals surface area contributed by atoms with Crippen LogP contribution < -0.4 is 0 Å². The molecule has 0 heterocycles. The zero-order chi connectivity index (χ0) is 13.0. The number of carboxylic acid groups (broad SMARTS) is 1. The molecule has 2 aliphatic carbocycles. The van der Waals surface area contributed by atoms with Gasteiger partial charge in [0.15, 0.2) is 0 Å². The summed E-state index contributed by atoms with van der Waals surface area (Å²) in [6.45, 7) is 0. The van der Waals surface area contributed by atoms with E-state index in [1.165, 1.54) is 6.42 Å². The summed E-state index contributed by atoms with van der Waals surface area (Å²) in [5.74, 6) is -0.669. The Morgan fingerprint density at radius 2 is 1.44 bits per heavy atom. The molecule has 2 fully saturated rings. The third kappa shape index (κ3) is 2.71. The van der Waals surface area contributed by atoms with Gasteiger partial charge in [-0.2, -0.15) is 0 Å². The Balaban J connectivity index is 2.19. The van der Waals surface area contributed by atoms with Gasteiger partial charge in [-0.25, -0.2) is 0 Å². The van der Waals surface area contributed by atoms with Gasteiger partial charge in [0, 0.05) is 5.92 Å². The Morgan fingerprint density at radius 3 is 2.00 bits per heavy atom. The molecular formula is C15H26O3. The zero-order valence-electron chi connectivity index (χ0n) is 11.2. The lowest BCUT2D eigenvalue weighted by molar-refractivity contribution is -0.160. The number of carboxylic acids is 1. The molecule has 0 bridgehead atoms. The summed E-state index contributed by atoms with van der Waals surface area (Å²) in [4.78, 5) is 11.9. The van der Waals surface area contributed by atoms with Gasteiger partial charge in [0.25, 0.3) is 0 Å². The first-order valence-electron chi connectivity index (χ1n) is 7.58. The number of rotatable bonds is 2. The molecule has 2 N–H and O–H groups in total. The Bertz CT molecular complexity index is 279. The number of hydrogen-bond acceptors (Lipinski definition) is 2. The van der Waals surface area contributed by atoms with Gasteiger partial charge in [-0.15, -0.1) is 0 Å². The Kier molecular flexibility index (Phi) is 4.66. The molecule has 18 heavy (non-hydrogen) atoms. The molecule has 3 nitrogen and oxygen atoms in total. The number of hydrogen-bond donors (Lipinski definition) is 2. The fourth-order valence-electron chi connectivity index (χ4n) is 4.04. The van der Waals surface area contributed by atoms with Gasteiger partial charge in [0.05, 0.1) is 11.5 Å². The highest BCUT2D eigenvalue weighted by atomic mass is 16.4. The number of aliphatic hydroxyl groups is 1. The molecule has 0 aromatic carbocycles. The summed E-state index contributed by atoms with van der Waals surface area (Å²) in [5, 5.41) is 20.0. The molecule has 0 aromatic heterocycles. The van der Waals surface area contributed by atoms with Crippen LogP contribution in [0.5, 0.6) is 0 Å². The monoisotopic (exact) mass is 254 g/mol. The fourth-order valence-corrected chi connectivity index (χ4v) is 4.04. The van der Waals surface area contributed by atoms with Crippen LogP contribution in [0.3, 0.4) is 0 Å². The third-order valence-electron chi connectivity index (χ3n) is 5.11. The van der Waals surface area contributed by atoms with Crippen molar-refractivity contribution in [2.45, 2.75) is 76.7 Å². The van der Waals surface area contributed by atoms with Crippen molar-refractivity contribution in [2.24, 2.45) is 11.3 Å². The lowest BCUT2D eigenvalue weighted by Gasteiger charge is -2.43. The second-order valence-corrected chi connectivity index (χ2v) is 6.19. The van der Waals surface area contributed by atoms with Crippen LogP contribution in [-0.4, -0.2) is 22.3 Å². The van der Waals surface area contributed by atoms with Crippen molar-refractivity contribution in [1.29, 1.82) is 0 Å². The van der Waals surface area contributed by atoms with Gasteiger partial charge in [-0.3, -0.25) is 4.79 Å². The number of aliphatic hydroxyl groups excluding tert-OH is 1. The van der Waals surface area contributed by atoms with Crippen molar-refractivity contribution in [1.82, 2.24) is 0 Å². The molecular weight excluding hydrogens is 228 g/mol. The summed E-state index contributed by atoms with van der Waals surface area (Å²) in [5.41, 5.74) is -0.639. The van der Waals surface area contributed by atoms with Crippen LogP contribution in [0, 0.1) is 11.3 Å². The van der Waals surface area contributed by atoms with E-state index in [-0.39, 0.29) is 5.92 Å². The Hall–Kier alpha value is -0.570. The predicted octanol–water partition coefficient (Wildman–Crippen LogP) is 3.35. The highest BCUT2D eigenvalue weighted by Gasteiger charge is 2.48. The maximum atomic E-state index is 11.9. The molecule has 2 rings (SSSR count). The van der Waals surface area contributed by atoms with E-state index in [1.807, 2.05) is 0 Å². The second-order valence-electron chi connectivity index (χ2n) is 6.19. The van der Waals surface area contributed by atoms with E-state index in [9.17, 15) is 15.0 Å². The first-order chi connectivity index (χ1) is 8.67. The molecule has 0 radical (unpaired) electrons. The van der Waals surface area contributed by atoms with Gasteiger partial charge in [-0.1, -0.05) is 44.9 Å². The zero-order valence-corrected chi connectivity index (χ0v) is 11.2. The first kappa shape index (κ1) is 13.9. The lowest BCUT2D eigenvalue weighted by Crippen LogP contribution is -2.46. The van der Waals surface area contributed by atoms with E-state index in [0.29, 0.717) is 0 Å². The van der Waals surface area contributed by atoms with E-state index in [0.717, 1.165) is 64.2 Å². The van der Waals surface area contributed by atoms with Crippen molar-refractivity contribution in [3.8, 4) is 0 Å². The van der Waals surface area contributed by atoms with Gasteiger partial charge >= 0.3 is 5.97 Å².